The lowest BCUT2D eigenvalue weighted by Gasteiger charge is -2.16. The van der Waals surface area contributed by atoms with Gasteiger partial charge in [-0.25, -0.2) is 18.2 Å². The number of rotatable bonds is 8. The number of hydrogen-bond acceptors (Lipinski definition) is 5. The topological polar surface area (TPSA) is 106 Å². The summed E-state index contributed by atoms with van der Waals surface area (Å²) in [6.07, 6.45) is -3.08. The summed E-state index contributed by atoms with van der Waals surface area (Å²) in [5, 5.41) is 5.50. The first kappa shape index (κ1) is 19.5. The number of nitrogens with two attached hydrogens (primary N) is 2. The second-order valence-electron chi connectivity index (χ2n) is 5.84. The average Bonchev–Trinajstić information content (AvgIpc) is 2.54. The molecule has 0 aliphatic rings. The van der Waals surface area contributed by atoms with Gasteiger partial charge in [0.1, 0.15) is 5.82 Å². The largest absolute Gasteiger partial charge is 0.366 e. The lowest BCUT2D eigenvalue weighted by molar-refractivity contribution is 0.1000. The number of amides is 1. The summed E-state index contributed by atoms with van der Waals surface area (Å²) < 4.78 is 38.8. The molecule has 1 heterocycles. The first-order valence-electron chi connectivity index (χ1n) is 7.88. The second kappa shape index (κ2) is 8.52. The van der Waals surface area contributed by atoms with Crippen LogP contribution in [0.4, 0.5) is 30.5 Å². The Kier molecular flexibility index (Phi) is 6.40. The number of benzene rings is 1. The van der Waals surface area contributed by atoms with Crippen LogP contribution < -0.4 is 22.1 Å². The van der Waals surface area contributed by atoms with Gasteiger partial charge in [0.15, 0.2) is 11.6 Å². The van der Waals surface area contributed by atoms with Crippen molar-refractivity contribution in [3.63, 3.8) is 0 Å². The Morgan fingerprint density at radius 1 is 1.27 bits per heavy atom. The number of aryl methyl sites for hydroxylation is 1. The van der Waals surface area contributed by atoms with Gasteiger partial charge >= 0.3 is 0 Å². The normalized spacial score (nSPS) is 12.1. The van der Waals surface area contributed by atoms with Crippen molar-refractivity contribution < 1.29 is 18.0 Å². The van der Waals surface area contributed by atoms with E-state index < -0.39 is 30.6 Å². The van der Waals surface area contributed by atoms with E-state index in [1.54, 1.807) is 12.1 Å². The number of anilines is 3. The molecule has 1 amide bonds. The van der Waals surface area contributed by atoms with Crippen LogP contribution in [-0.2, 0) is 0 Å². The molecule has 0 aliphatic carbocycles. The van der Waals surface area contributed by atoms with Crippen LogP contribution in [-0.4, -0.2) is 29.9 Å². The van der Waals surface area contributed by atoms with Crippen LogP contribution >= 0.6 is 0 Å². The first-order chi connectivity index (χ1) is 12.3. The highest BCUT2D eigenvalue weighted by molar-refractivity contribution is 5.98. The zero-order valence-corrected chi connectivity index (χ0v) is 14.1. The van der Waals surface area contributed by atoms with Crippen molar-refractivity contribution in [3.8, 4) is 0 Å². The third-order valence-corrected chi connectivity index (χ3v) is 3.53. The number of carbonyl (C=O) groups excluding carboxylic acids is 1. The quantitative estimate of drug-likeness (QED) is 0.574. The van der Waals surface area contributed by atoms with Gasteiger partial charge in [-0.05, 0) is 30.7 Å². The SMILES string of the molecule is Cc1cccc(Nc2nc(NCC(N)CC(F)F)c(F)cc2C(N)=O)c1. The van der Waals surface area contributed by atoms with Gasteiger partial charge in [0.2, 0.25) is 6.43 Å². The van der Waals surface area contributed by atoms with E-state index in [9.17, 15) is 18.0 Å². The molecule has 0 fully saturated rings. The molecule has 1 unspecified atom stereocenters. The summed E-state index contributed by atoms with van der Waals surface area (Å²) in [4.78, 5) is 15.6. The Labute approximate surface area is 148 Å². The fraction of sp³-hybridized carbons (Fsp3) is 0.294. The highest BCUT2D eigenvalue weighted by atomic mass is 19.3. The Hall–Kier alpha value is -2.81. The molecule has 6 N–H and O–H groups in total. The van der Waals surface area contributed by atoms with Gasteiger partial charge in [0.05, 0.1) is 5.56 Å². The minimum atomic E-state index is -2.56. The van der Waals surface area contributed by atoms with E-state index in [0.717, 1.165) is 11.6 Å². The van der Waals surface area contributed by atoms with Crippen LogP contribution in [0.1, 0.15) is 22.3 Å². The molecule has 0 saturated heterocycles. The predicted molar refractivity (Wildman–Crippen MR) is 94.3 cm³/mol. The van der Waals surface area contributed by atoms with E-state index >= 15 is 0 Å². The van der Waals surface area contributed by atoms with Gasteiger partial charge in [-0.15, -0.1) is 0 Å². The molecule has 26 heavy (non-hydrogen) atoms. The number of primary amides is 1. The Morgan fingerprint density at radius 3 is 2.62 bits per heavy atom. The van der Waals surface area contributed by atoms with Crippen molar-refractivity contribution in [2.45, 2.75) is 25.8 Å². The zero-order valence-electron chi connectivity index (χ0n) is 14.1. The van der Waals surface area contributed by atoms with Gasteiger partial charge in [-0.2, -0.15) is 0 Å². The summed E-state index contributed by atoms with van der Waals surface area (Å²) in [6.45, 7) is 1.78. The van der Waals surface area contributed by atoms with E-state index in [-0.39, 0.29) is 23.7 Å². The lowest BCUT2D eigenvalue weighted by atomic mass is 10.2. The Balaban J connectivity index is 2.26. The van der Waals surface area contributed by atoms with E-state index in [0.29, 0.717) is 5.69 Å². The minimum absolute atomic E-state index is 0.0504. The van der Waals surface area contributed by atoms with Gasteiger partial charge in [0, 0.05) is 24.7 Å². The highest BCUT2D eigenvalue weighted by Gasteiger charge is 2.17. The van der Waals surface area contributed by atoms with Crippen molar-refractivity contribution in [1.29, 1.82) is 0 Å². The van der Waals surface area contributed by atoms with Crippen molar-refractivity contribution in [1.82, 2.24) is 4.98 Å². The molecule has 0 aliphatic heterocycles. The molecule has 1 aromatic carbocycles. The van der Waals surface area contributed by atoms with Crippen LogP contribution in [0.25, 0.3) is 0 Å². The second-order valence-corrected chi connectivity index (χ2v) is 5.84. The fourth-order valence-electron chi connectivity index (χ4n) is 2.30. The number of halogens is 3. The van der Waals surface area contributed by atoms with E-state index in [4.69, 9.17) is 11.5 Å². The molecule has 6 nitrogen and oxygen atoms in total. The molecule has 9 heteroatoms. The first-order valence-corrected chi connectivity index (χ1v) is 7.88. The number of nitrogens with one attached hydrogen (secondary N) is 2. The van der Waals surface area contributed by atoms with Crippen LogP contribution in [0, 0.1) is 12.7 Å². The van der Waals surface area contributed by atoms with Crippen molar-refractivity contribution in [2.24, 2.45) is 11.5 Å². The lowest BCUT2D eigenvalue weighted by Crippen LogP contribution is -2.31. The Bertz CT molecular complexity index is 785. The van der Waals surface area contributed by atoms with Crippen molar-refractivity contribution >= 4 is 23.2 Å². The summed E-state index contributed by atoms with van der Waals surface area (Å²) in [5.74, 6) is -1.85. The Morgan fingerprint density at radius 2 is 2.00 bits per heavy atom. The molecule has 0 spiro atoms. The van der Waals surface area contributed by atoms with E-state index in [1.165, 1.54) is 0 Å². The number of aromatic nitrogens is 1. The van der Waals surface area contributed by atoms with Gasteiger partial charge in [-0.1, -0.05) is 12.1 Å². The van der Waals surface area contributed by atoms with Crippen LogP contribution in [0.15, 0.2) is 30.3 Å². The number of hydrogen-bond donors (Lipinski definition) is 4. The molecule has 1 aromatic heterocycles. The maximum atomic E-state index is 14.2. The molecular weight excluding hydrogens is 347 g/mol. The van der Waals surface area contributed by atoms with Gasteiger partial charge in [-0.3, -0.25) is 4.79 Å². The fourth-order valence-corrected chi connectivity index (χ4v) is 2.30. The average molecular weight is 367 g/mol. The van der Waals surface area contributed by atoms with E-state index in [1.807, 2.05) is 19.1 Å². The third kappa shape index (κ3) is 5.35. The molecule has 0 radical (unpaired) electrons. The summed E-state index contributed by atoms with van der Waals surface area (Å²) in [7, 11) is 0. The standard InChI is InChI=1S/C17H20F3N5O/c1-9-3-2-4-11(5-9)24-16-12(15(22)26)7-13(18)17(25-16)23-8-10(21)6-14(19)20/h2-5,7,10,14H,6,8,21H2,1H3,(H2,22,26)(H2,23,24,25). The van der Waals surface area contributed by atoms with Crippen molar-refractivity contribution in [2.75, 3.05) is 17.2 Å². The van der Waals surface area contributed by atoms with Gasteiger partial charge < -0.3 is 22.1 Å². The number of carbonyl (C=O) groups is 1. The molecule has 0 bridgehead atoms. The maximum absolute atomic E-state index is 14.2. The van der Waals surface area contributed by atoms with Crippen LogP contribution in [0.2, 0.25) is 0 Å². The number of pyridine rings is 1. The summed E-state index contributed by atoms with van der Waals surface area (Å²) >= 11 is 0. The zero-order chi connectivity index (χ0) is 19.3. The molecular formula is C17H20F3N5O. The molecule has 140 valence electrons. The van der Waals surface area contributed by atoms with Crippen molar-refractivity contribution in [3.05, 3.63) is 47.3 Å². The molecule has 2 rings (SSSR count). The summed E-state index contributed by atoms with van der Waals surface area (Å²) in [6, 6.07) is 7.30. The van der Waals surface area contributed by atoms with E-state index in [2.05, 4.69) is 15.6 Å². The van der Waals surface area contributed by atoms with Crippen LogP contribution in [0.5, 0.6) is 0 Å². The highest BCUT2D eigenvalue weighted by Crippen LogP contribution is 2.24. The number of nitrogens with zero attached hydrogens (tertiary/aromatic N) is 1. The molecule has 1 atom stereocenters. The maximum Gasteiger partial charge on any atom is 0.252 e. The van der Waals surface area contributed by atoms with Crippen LogP contribution in [0.3, 0.4) is 0 Å². The predicted octanol–water partition coefficient (Wildman–Crippen LogP) is 2.77. The monoisotopic (exact) mass is 367 g/mol. The third-order valence-electron chi connectivity index (χ3n) is 3.53. The van der Waals surface area contributed by atoms with Gasteiger partial charge in [0.25, 0.3) is 5.91 Å². The summed E-state index contributed by atoms with van der Waals surface area (Å²) in [5.41, 5.74) is 12.3. The molecule has 2 aromatic rings. The molecule has 0 saturated carbocycles. The smallest absolute Gasteiger partial charge is 0.252 e. The number of alkyl halides is 2. The minimum Gasteiger partial charge on any atom is -0.366 e.